The molecule has 0 aliphatic rings. The van der Waals surface area contributed by atoms with Gasteiger partial charge in [0, 0.05) is 10.2 Å². The average Bonchev–Trinajstić information content (AvgIpc) is 3.14. The van der Waals surface area contributed by atoms with Gasteiger partial charge in [-0.1, -0.05) is 45.9 Å². The smallest absolute Gasteiger partial charge is 0.277 e. The first kappa shape index (κ1) is 21.4. The number of carbonyl (C=O) groups excluding carboxylic acids is 1. The number of nitrogens with one attached hydrogen (secondary N) is 1. The molecule has 0 spiro atoms. The van der Waals surface area contributed by atoms with Gasteiger partial charge in [0.25, 0.3) is 11.1 Å². The third-order valence-electron chi connectivity index (χ3n) is 4.52. The Morgan fingerprint density at radius 2 is 1.83 bits per heavy atom. The molecule has 1 heterocycles. The molecule has 0 saturated heterocycles. The molecule has 29 heavy (non-hydrogen) atoms. The topological polar surface area (TPSA) is 77.2 Å². The van der Waals surface area contributed by atoms with Crippen molar-refractivity contribution in [3.8, 4) is 5.75 Å². The monoisotopic (exact) mass is 475 g/mol. The zero-order valence-corrected chi connectivity index (χ0v) is 19.1. The summed E-state index contributed by atoms with van der Waals surface area (Å²) in [6.07, 6.45) is 0. The number of amides is 1. The number of para-hydroxylation sites is 1. The van der Waals surface area contributed by atoms with Crippen molar-refractivity contribution in [2.24, 2.45) is 0 Å². The first-order chi connectivity index (χ1) is 13.8. The van der Waals surface area contributed by atoms with Crippen LogP contribution in [0.5, 0.6) is 5.75 Å². The summed E-state index contributed by atoms with van der Waals surface area (Å²) in [7, 11) is 0. The molecule has 152 valence electrons. The summed E-state index contributed by atoms with van der Waals surface area (Å²) in [4.78, 5) is 12.3. The maximum Gasteiger partial charge on any atom is 0.277 e. The summed E-state index contributed by atoms with van der Waals surface area (Å²) in [6, 6.07) is 9.77. The maximum atomic E-state index is 12.3. The molecule has 0 radical (unpaired) electrons. The largest absolute Gasteiger partial charge is 0.483 e. The van der Waals surface area contributed by atoms with Crippen LogP contribution < -0.4 is 10.1 Å². The van der Waals surface area contributed by atoms with Gasteiger partial charge in [-0.3, -0.25) is 4.79 Å². The van der Waals surface area contributed by atoms with E-state index in [9.17, 15) is 4.79 Å². The SMILES string of the molecule is Cc1cccc(C)c1OCc1nnc(SCC(=O)Nc2ccc(Br)c(C)c2C)o1. The Balaban J connectivity index is 1.53. The quantitative estimate of drug-likeness (QED) is 0.462. The number of thioether (sulfide) groups is 1. The molecule has 0 aliphatic carbocycles. The molecule has 6 nitrogen and oxygen atoms in total. The fourth-order valence-electron chi connectivity index (χ4n) is 2.75. The van der Waals surface area contributed by atoms with Crippen molar-refractivity contribution >= 4 is 39.3 Å². The minimum Gasteiger partial charge on any atom is -0.483 e. The van der Waals surface area contributed by atoms with E-state index in [1.54, 1.807) is 0 Å². The Kier molecular flexibility index (Phi) is 6.97. The Labute approximate surface area is 182 Å². The molecule has 0 atom stereocenters. The van der Waals surface area contributed by atoms with Crippen LogP contribution in [0.15, 0.2) is 44.4 Å². The van der Waals surface area contributed by atoms with Gasteiger partial charge in [-0.05, 0) is 62.1 Å². The van der Waals surface area contributed by atoms with Crippen LogP contribution >= 0.6 is 27.7 Å². The second-order valence-electron chi connectivity index (χ2n) is 6.65. The van der Waals surface area contributed by atoms with Crippen LogP contribution in [0, 0.1) is 27.7 Å². The van der Waals surface area contributed by atoms with E-state index in [-0.39, 0.29) is 18.3 Å². The number of halogens is 1. The van der Waals surface area contributed by atoms with Gasteiger partial charge in [0.1, 0.15) is 5.75 Å². The molecular weight excluding hydrogens is 454 g/mol. The molecule has 0 unspecified atom stereocenters. The highest BCUT2D eigenvalue weighted by Crippen LogP contribution is 2.27. The van der Waals surface area contributed by atoms with Crippen LogP contribution in [0.3, 0.4) is 0 Å². The van der Waals surface area contributed by atoms with Gasteiger partial charge < -0.3 is 14.5 Å². The van der Waals surface area contributed by atoms with E-state index in [4.69, 9.17) is 9.15 Å². The number of anilines is 1. The number of aryl methyl sites for hydroxylation is 2. The summed E-state index contributed by atoms with van der Waals surface area (Å²) in [6.45, 7) is 8.14. The van der Waals surface area contributed by atoms with Crippen molar-refractivity contribution in [3.63, 3.8) is 0 Å². The van der Waals surface area contributed by atoms with Gasteiger partial charge in [0.2, 0.25) is 5.91 Å². The third kappa shape index (κ3) is 5.39. The molecule has 0 bridgehead atoms. The van der Waals surface area contributed by atoms with Crippen molar-refractivity contribution in [3.05, 3.63) is 62.9 Å². The summed E-state index contributed by atoms with van der Waals surface area (Å²) in [5, 5.41) is 11.2. The summed E-state index contributed by atoms with van der Waals surface area (Å²) in [5.74, 6) is 1.23. The lowest BCUT2D eigenvalue weighted by Crippen LogP contribution is -2.15. The molecule has 0 fully saturated rings. The van der Waals surface area contributed by atoms with E-state index in [0.717, 1.165) is 38.2 Å². The first-order valence-electron chi connectivity index (χ1n) is 9.05. The van der Waals surface area contributed by atoms with Crippen molar-refractivity contribution in [1.82, 2.24) is 10.2 Å². The van der Waals surface area contributed by atoms with Crippen LogP contribution in [0.4, 0.5) is 5.69 Å². The van der Waals surface area contributed by atoms with Crippen LogP contribution in [0.2, 0.25) is 0 Å². The van der Waals surface area contributed by atoms with Crippen LogP contribution in [0.1, 0.15) is 28.1 Å². The van der Waals surface area contributed by atoms with Crippen LogP contribution in [0.25, 0.3) is 0 Å². The van der Waals surface area contributed by atoms with Gasteiger partial charge in [-0.15, -0.1) is 10.2 Å². The lowest BCUT2D eigenvalue weighted by Gasteiger charge is -2.11. The normalized spacial score (nSPS) is 10.8. The molecule has 0 aliphatic heterocycles. The highest BCUT2D eigenvalue weighted by molar-refractivity contribution is 9.10. The van der Waals surface area contributed by atoms with Crippen molar-refractivity contribution < 1.29 is 13.9 Å². The molecule has 3 rings (SSSR count). The van der Waals surface area contributed by atoms with E-state index in [2.05, 4.69) is 31.4 Å². The number of ether oxygens (including phenoxy) is 1. The van der Waals surface area contributed by atoms with Gasteiger partial charge in [0.15, 0.2) is 6.61 Å². The highest BCUT2D eigenvalue weighted by Gasteiger charge is 2.13. The Morgan fingerprint density at radius 1 is 1.10 bits per heavy atom. The van der Waals surface area contributed by atoms with Crippen LogP contribution in [-0.2, 0) is 11.4 Å². The zero-order chi connectivity index (χ0) is 21.0. The number of rotatable bonds is 7. The van der Waals surface area contributed by atoms with E-state index in [0.29, 0.717) is 11.1 Å². The lowest BCUT2D eigenvalue weighted by molar-refractivity contribution is -0.113. The van der Waals surface area contributed by atoms with Gasteiger partial charge in [-0.2, -0.15) is 0 Å². The van der Waals surface area contributed by atoms with Crippen LogP contribution in [-0.4, -0.2) is 21.9 Å². The average molecular weight is 476 g/mol. The predicted octanol–water partition coefficient (Wildman–Crippen LogP) is 5.38. The summed E-state index contributed by atoms with van der Waals surface area (Å²) in [5.41, 5.74) is 5.02. The number of aromatic nitrogens is 2. The third-order valence-corrected chi connectivity index (χ3v) is 6.20. The standard InChI is InChI=1S/C21H22BrN3O3S/c1-12-6-5-7-13(2)20(12)27-10-19-24-25-21(28-19)29-11-18(26)23-17-9-8-16(22)14(3)15(17)4/h5-9H,10-11H2,1-4H3,(H,23,26). The molecule has 1 amide bonds. The predicted molar refractivity (Wildman–Crippen MR) is 118 cm³/mol. The van der Waals surface area contributed by atoms with Crippen molar-refractivity contribution in [1.29, 1.82) is 0 Å². The molecule has 2 aromatic carbocycles. The van der Waals surface area contributed by atoms with E-state index >= 15 is 0 Å². The fraction of sp³-hybridized carbons (Fsp3) is 0.286. The summed E-state index contributed by atoms with van der Waals surface area (Å²) >= 11 is 4.68. The number of nitrogens with zero attached hydrogens (tertiary/aromatic N) is 2. The lowest BCUT2D eigenvalue weighted by atomic mass is 10.1. The molecular formula is C21H22BrN3O3S. The minimum atomic E-state index is -0.133. The van der Waals surface area contributed by atoms with Gasteiger partial charge >= 0.3 is 0 Å². The number of hydrogen-bond acceptors (Lipinski definition) is 6. The second kappa shape index (κ2) is 9.45. The number of hydrogen-bond donors (Lipinski definition) is 1. The van der Waals surface area contributed by atoms with Gasteiger partial charge in [0.05, 0.1) is 5.75 Å². The van der Waals surface area contributed by atoms with Crippen molar-refractivity contribution in [2.75, 3.05) is 11.1 Å². The Bertz CT molecular complexity index is 1020. The first-order valence-corrected chi connectivity index (χ1v) is 10.8. The molecule has 3 aromatic rings. The molecule has 8 heteroatoms. The summed E-state index contributed by atoms with van der Waals surface area (Å²) < 4.78 is 12.4. The number of carbonyl (C=O) groups is 1. The highest BCUT2D eigenvalue weighted by atomic mass is 79.9. The Morgan fingerprint density at radius 3 is 2.55 bits per heavy atom. The second-order valence-corrected chi connectivity index (χ2v) is 8.43. The van der Waals surface area contributed by atoms with E-state index < -0.39 is 0 Å². The molecule has 1 aromatic heterocycles. The maximum absolute atomic E-state index is 12.3. The molecule has 0 saturated carbocycles. The minimum absolute atomic E-state index is 0.133. The van der Waals surface area contributed by atoms with Gasteiger partial charge in [-0.25, -0.2) is 0 Å². The molecule has 1 N–H and O–H groups in total. The van der Waals surface area contributed by atoms with E-state index in [1.807, 2.05) is 58.0 Å². The fourth-order valence-corrected chi connectivity index (χ4v) is 3.76. The number of benzene rings is 2. The zero-order valence-electron chi connectivity index (χ0n) is 16.7. The van der Waals surface area contributed by atoms with Crippen molar-refractivity contribution in [2.45, 2.75) is 39.5 Å². The van der Waals surface area contributed by atoms with E-state index in [1.165, 1.54) is 11.8 Å². The Hall–Kier alpha value is -2.32.